The van der Waals surface area contributed by atoms with Gasteiger partial charge >= 0.3 is 6.09 Å². The average molecular weight is 310 g/mol. The SMILES string of the molecule is CC(=O)NCC1CN(c2ccc(CS(C)=O)cc2)C(=O)O1. The van der Waals surface area contributed by atoms with Gasteiger partial charge < -0.3 is 10.1 Å². The Kier molecular flexibility index (Phi) is 4.95. The Morgan fingerprint density at radius 2 is 2.10 bits per heavy atom. The minimum atomic E-state index is -0.890. The summed E-state index contributed by atoms with van der Waals surface area (Å²) < 4.78 is 16.4. The van der Waals surface area contributed by atoms with E-state index in [4.69, 9.17) is 4.74 Å². The van der Waals surface area contributed by atoms with E-state index in [0.717, 1.165) is 11.3 Å². The average Bonchev–Trinajstić information content (AvgIpc) is 2.78. The number of cyclic esters (lactones) is 1. The van der Waals surface area contributed by atoms with Gasteiger partial charge in [0.2, 0.25) is 5.91 Å². The largest absolute Gasteiger partial charge is 0.442 e. The number of nitrogens with one attached hydrogen (secondary N) is 1. The van der Waals surface area contributed by atoms with Crippen LogP contribution >= 0.6 is 0 Å². The first kappa shape index (κ1) is 15.5. The molecule has 1 heterocycles. The van der Waals surface area contributed by atoms with Crippen molar-refractivity contribution in [3.05, 3.63) is 29.8 Å². The van der Waals surface area contributed by atoms with Crippen LogP contribution in [0, 0.1) is 0 Å². The molecule has 2 unspecified atom stereocenters. The third kappa shape index (κ3) is 4.29. The fraction of sp³-hybridized carbons (Fsp3) is 0.429. The molecule has 1 N–H and O–H groups in total. The summed E-state index contributed by atoms with van der Waals surface area (Å²) in [4.78, 5) is 24.2. The van der Waals surface area contributed by atoms with E-state index in [0.29, 0.717) is 18.8 Å². The molecule has 1 saturated heterocycles. The van der Waals surface area contributed by atoms with Crippen molar-refractivity contribution in [3.8, 4) is 0 Å². The van der Waals surface area contributed by atoms with E-state index in [1.54, 1.807) is 6.26 Å². The van der Waals surface area contributed by atoms with Crippen molar-refractivity contribution >= 4 is 28.5 Å². The van der Waals surface area contributed by atoms with Gasteiger partial charge in [0.1, 0.15) is 6.10 Å². The summed E-state index contributed by atoms with van der Waals surface area (Å²) in [6.45, 7) is 2.13. The van der Waals surface area contributed by atoms with Crippen LogP contribution in [0.15, 0.2) is 24.3 Å². The molecule has 0 aliphatic carbocycles. The van der Waals surface area contributed by atoms with Gasteiger partial charge in [0.05, 0.1) is 13.1 Å². The van der Waals surface area contributed by atoms with Crippen LogP contribution in [0.5, 0.6) is 0 Å². The predicted molar refractivity (Wildman–Crippen MR) is 80.5 cm³/mol. The second kappa shape index (κ2) is 6.71. The van der Waals surface area contributed by atoms with Gasteiger partial charge in [-0.15, -0.1) is 0 Å². The molecule has 2 amide bonds. The summed E-state index contributed by atoms with van der Waals surface area (Å²) in [5.74, 6) is 0.344. The maximum Gasteiger partial charge on any atom is 0.414 e. The molecule has 1 aromatic carbocycles. The standard InChI is InChI=1S/C14H18N2O4S/c1-10(17)15-7-13-8-16(14(18)20-13)12-5-3-11(4-6-12)9-21(2)19/h3-6,13H,7-9H2,1-2H3,(H,15,17). The summed E-state index contributed by atoms with van der Waals surface area (Å²) >= 11 is 0. The number of anilines is 1. The van der Waals surface area contributed by atoms with E-state index in [1.165, 1.54) is 11.8 Å². The Hall–Kier alpha value is -1.89. The van der Waals surface area contributed by atoms with Gasteiger partial charge in [-0.25, -0.2) is 4.79 Å². The van der Waals surface area contributed by atoms with Crippen LogP contribution < -0.4 is 10.2 Å². The van der Waals surface area contributed by atoms with Gasteiger partial charge in [0.25, 0.3) is 0 Å². The topological polar surface area (TPSA) is 75.7 Å². The molecule has 0 saturated carbocycles. The van der Waals surface area contributed by atoms with Crippen LogP contribution in [0.1, 0.15) is 12.5 Å². The predicted octanol–water partition coefficient (Wildman–Crippen LogP) is 1.03. The van der Waals surface area contributed by atoms with Crippen LogP contribution in [-0.2, 0) is 26.1 Å². The molecule has 0 aromatic heterocycles. The molecular weight excluding hydrogens is 292 g/mol. The van der Waals surface area contributed by atoms with Gasteiger partial charge in [0.15, 0.2) is 0 Å². The van der Waals surface area contributed by atoms with E-state index in [-0.39, 0.29) is 12.0 Å². The highest BCUT2D eigenvalue weighted by Gasteiger charge is 2.32. The summed E-state index contributed by atoms with van der Waals surface area (Å²) in [6.07, 6.45) is 0.889. The number of carbonyl (C=O) groups is 2. The summed E-state index contributed by atoms with van der Waals surface area (Å²) in [5.41, 5.74) is 1.69. The number of benzene rings is 1. The third-order valence-corrected chi connectivity index (χ3v) is 3.81. The van der Waals surface area contributed by atoms with Gasteiger partial charge in [-0.05, 0) is 17.7 Å². The quantitative estimate of drug-likeness (QED) is 0.881. The molecule has 2 atom stereocenters. The number of amides is 2. The number of nitrogens with zero attached hydrogens (tertiary/aromatic N) is 1. The van der Waals surface area contributed by atoms with Crippen LogP contribution in [0.2, 0.25) is 0 Å². The molecule has 0 spiro atoms. The first-order valence-electron chi connectivity index (χ1n) is 6.57. The van der Waals surface area contributed by atoms with E-state index >= 15 is 0 Å². The lowest BCUT2D eigenvalue weighted by molar-refractivity contribution is -0.119. The summed E-state index contributed by atoms with van der Waals surface area (Å²) in [6, 6.07) is 7.32. The lowest BCUT2D eigenvalue weighted by Crippen LogP contribution is -2.33. The Labute approximate surface area is 125 Å². The van der Waals surface area contributed by atoms with E-state index in [2.05, 4.69) is 5.32 Å². The fourth-order valence-corrected chi connectivity index (χ4v) is 2.76. The number of carbonyl (C=O) groups excluding carboxylic acids is 2. The van der Waals surface area contributed by atoms with Crippen LogP contribution in [-0.4, -0.2) is 41.7 Å². The number of hydrogen-bond donors (Lipinski definition) is 1. The van der Waals surface area contributed by atoms with Crippen molar-refractivity contribution in [2.75, 3.05) is 24.2 Å². The zero-order valence-electron chi connectivity index (χ0n) is 12.0. The van der Waals surface area contributed by atoms with Crippen molar-refractivity contribution in [2.24, 2.45) is 0 Å². The minimum Gasteiger partial charge on any atom is -0.442 e. The van der Waals surface area contributed by atoms with Crippen molar-refractivity contribution in [1.29, 1.82) is 0 Å². The summed E-state index contributed by atoms with van der Waals surface area (Å²) in [7, 11) is -0.890. The van der Waals surface area contributed by atoms with E-state index in [1.807, 2.05) is 24.3 Å². The second-order valence-electron chi connectivity index (χ2n) is 4.94. The van der Waals surface area contributed by atoms with Gasteiger partial charge in [-0.1, -0.05) is 12.1 Å². The highest BCUT2D eigenvalue weighted by atomic mass is 32.2. The molecule has 1 aromatic rings. The molecule has 1 aliphatic rings. The zero-order valence-corrected chi connectivity index (χ0v) is 12.8. The zero-order chi connectivity index (χ0) is 15.4. The highest BCUT2D eigenvalue weighted by molar-refractivity contribution is 7.83. The maximum atomic E-state index is 11.8. The smallest absolute Gasteiger partial charge is 0.414 e. The molecule has 1 fully saturated rings. The Morgan fingerprint density at radius 3 is 2.67 bits per heavy atom. The fourth-order valence-electron chi connectivity index (χ4n) is 2.10. The van der Waals surface area contributed by atoms with Crippen LogP contribution in [0.25, 0.3) is 0 Å². The molecule has 0 bridgehead atoms. The number of ether oxygens (including phenoxy) is 1. The van der Waals surface area contributed by atoms with E-state index < -0.39 is 16.9 Å². The maximum absolute atomic E-state index is 11.8. The van der Waals surface area contributed by atoms with Gasteiger partial charge in [-0.2, -0.15) is 0 Å². The molecule has 6 nitrogen and oxygen atoms in total. The third-order valence-electron chi connectivity index (χ3n) is 3.07. The molecule has 1 aliphatic heterocycles. The molecule has 2 rings (SSSR count). The van der Waals surface area contributed by atoms with Crippen LogP contribution in [0.4, 0.5) is 10.5 Å². The van der Waals surface area contributed by atoms with Gasteiger partial charge in [-0.3, -0.25) is 13.9 Å². The van der Waals surface area contributed by atoms with Crippen molar-refractivity contribution < 1.29 is 18.5 Å². The number of rotatable bonds is 5. The minimum absolute atomic E-state index is 0.151. The molecule has 21 heavy (non-hydrogen) atoms. The van der Waals surface area contributed by atoms with Crippen molar-refractivity contribution in [2.45, 2.75) is 18.8 Å². The first-order valence-corrected chi connectivity index (χ1v) is 8.30. The van der Waals surface area contributed by atoms with Crippen molar-refractivity contribution in [1.82, 2.24) is 5.32 Å². The normalized spacial score (nSPS) is 19.2. The first-order chi connectivity index (χ1) is 9.95. The molecular formula is C14H18N2O4S. The molecule has 0 radical (unpaired) electrons. The lowest BCUT2D eigenvalue weighted by atomic mass is 10.2. The van der Waals surface area contributed by atoms with Crippen LogP contribution in [0.3, 0.4) is 0 Å². The second-order valence-corrected chi connectivity index (χ2v) is 6.37. The highest BCUT2D eigenvalue weighted by Crippen LogP contribution is 2.22. The Bertz CT molecular complexity index is 559. The molecule has 114 valence electrons. The van der Waals surface area contributed by atoms with Gasteiger partial charge in [0, 0.05) is 35.4 Å². The molecule has 7 heteroatoms. The van der Waals surface area contributed by atoms with E-state index in [9.17, 15) is 13.8 Å². The number of hydrogen-bond acceptors (Lipinski definition) is 4. The monoisotopic (exact) mass is 310 g/mol. The summed E-state index contributed by atoms with van der Waals surface area (Å²) in [5, 5.41) is 2.63. The Balaban J connectivity index is 1.99. The van der Waals surface area contributed by atoms with Crippen molar-refractivity contribution in [3.63, 3.8) is 0 Å². The Morgan fingerprint density at radius 1 is 1.43 bits per heavy atom. The lowest BCUT2D eigenvalue weighted by Gasteiger charge is -2.13.